The normalized spacial score (nSPS) is 10.4. The Kier molecular flexibility index (Phi) is 4.92. The van der Waals surface area contributed by atoms with E-state index in [9.17, 15) is 5.11 Å². The maximum Gasteiger partial charge on any atom is 0.127 e. The number of rotatable bonds is 5. The van der Waals surface area contributed by atoms with Gasteiger partial charge in [-0.2, -0.15) is 0 Å². The zero-order valence-electron chi connectivity index (χ0n) is 13.1. The third kappa shape index (κ3) is 3.47. The lowest BCUT2D eigenvalue weighted by Crippen LogP contribution is -2.01. The van der Waals surface area contributed by atoms with Crippen LogP contribution in [0.15, 0.2) is 72.8 Å². The van der Waals surface area contributed by atoms with Crippen molar-refractivity contribution in [1.29, 1.82) is 0 Å². The van der Waals surface area contributed by atoms with Gasteiger partial charge in [-0.05, 0) is 35.7 Å². The maximum atomic E-state index is 10.2. The van der Waals surface area contributed by atoms with E-state index < -0.39 is 0 Å². The van der Waals surface area contributed by atoms with Crippen LogP contribution < -0.4 is 4.74 Å². The molecule has 0 saturated carbocycles. The Labute approximate surface area is 147 Å². The van der Waals surface area contributed by atoms with Crippen LogP contribution in [0.25, 0.3) is 11.1 Å². The Hall–Kier alpha value is -2.65. The molecule has 0 unspecified atom stereocenters. The molecule has 0 bridgehead atoms. The van der Waals surface area contributed by atoms with Crippen molar-refractivity contribution in [2.75, 3.05) is 6.61 Å². The van der Waals surface area contributed by atoms with Gasteiger partial charge in [0.1, 0.15) is 11.5 Å². The summed E-state index contributed by atoms with van der Waals surface area (Å²) in [6.07, 6.45) is 0. The molecule has 1 N–H and O–H groups in total. The smallest absolute Gasteiger partial charge is 0.127 e. The monoisotopic (exact) mass is 333 g/mol. The van der Waals surface area contributed by atoms with Crippen molar-refractivity contribution in [2.45, 2.75) is 0 Å². The molecule has 0 aliphatic carbocycles. The molecule has 0 atom stereocenters. The first kappa shape index (κ1) is 16.2. The van der Waals surface area contributed by atoms with E-state index in [1.165, 1.54) is 0 Å². The molecule has 3 aromatic carbocycles. The fourth-order valence-electron chi connectivity index (χ4n) is 2.51. The van der Waals surface area contributed by atoms with Crippen molar-refractivity contribution in [1.82, 2.24) is 0 Å². The molecule has 3 heteroatoms. The first-order valence-corrected chi connectivity index (χ1v) is 8.05. The minimum absolute atomic E-state index is 0.109. The van der Waals surface area contributed by atoms with Gasteiger partial charge in [0.05, 0.1) is 11.5 Å². The predicted octanol–water partition coefficient (Wildman–Crippen LogP) is 5.04. The van der Waals surface area contributed by atoms with Crippen molar-refractivity contribution >= 4 is 17.1 Å². The first-order chi connectivity index (χ1) is 11.7. The highest BCUT2D eigenvalue weighted by atomic mass is 32.1. The largest absolute Gasteiger partial charge is 0.507 e. The average molecular weight is 333 g/mol. The molecular formula is C21H17O2S. The molecule has 0 aliphatic rings. The zero-order valence-corrected chi connectivity index (χ0v) is 13.9. The van der Waals surface area contributed by atoms with Gasteiger partial charge < -0.3 is 9.84 Å². The van der Waals surface area contributed by atoms with E-state index in [2.05, 4.69) is 19.1 Å². The van der Waals surface area contributed by atoms with Crippen LogP contribution in [0, 0.1) is 6.92 Å². The number of benzene rings is 3. The van der Waals surface area contributed by atoms with Crippen LogP contribution in [-0.4, -0.2) is 16.6 Å². The molecule has 0 saturated heterocycles. The van der Waals surface area contributed by atoms with E-state index in [0.29, 0.717) is 22.8 Å². The SMILES string of the molecule is [CH2]COc1ccc(C(=S)c2ccc(-c3ccccc3)cc2)c(O)c1. The second kappa shape index (κ2) is 7.28. The van der Waals surface area contributed by atoms with E-state index in [0.717, 1.165) is 16.7 Å². The summed E-state index contributed by atoms with van der Waals surface area (Å²) < 4.78 is 5.28. The summed E-state index contributed by atoms with van der Waals surface area (Å²) in [5.41, 5.74) is 3.80. The number of thiocarbonyl (C=S) groups is 1. The van der Waals surface area contributed by atoms with Crippen LogP contribution in [0.5, 0.6) is 11.5 Å². The van der Waals surface area contributed by atoms with Crippen LogP contribution in [0.4, 0.5) is 0 Å². The van der Waals surface area contributed by atoms with Crippen molar-refractivity contribution in [3.8, 4) is 22.6 Å². The Morgan fingerprint density at radius 2 is 1.58 bits per heavy atom. The molecule has 1 radical (unpaired) electrons. The van der Waals surface area contributed by atoms with Crippen LogP contribution in [-0.2, 0) is 0 Å². The van der Waals surface area contributed by atoms with E-state index in [1.54, 1.807) is 18.2 Å². The highest BCUT2D eigenvalue weighted by molar-refractivity contribution is 7.81. The molecule has 24 heavy (non-hydrogen) atoms. The summed E-state index contributed by atoms with van der Waals surface area (Å²) in [5.74, 6) is 0.687. The lowest BCUT2D eigenvalue weighted by Gasteiger charge is -2.10. The fraction of sp³-hybridized carbons (Fsp3) is 0.0476. The number of aromatic hydroxyl groups is 1. The van der Waals surface area contributed by atoms with Crippen molar-refractivity contribution in [2.24, 2.45) is 0 Å². The third-order valence-electron chi connectivity index (χ3n) is 3.74. The summed E-state index contributed by atoms with van der Waals surface area (Å²) >= 11 is 5.53. The highest BCUT2D eigenvalue weighted by Crippen LogP contribution is 2.27. The summed E-state index contributed by atoms with van der Waals surface area (Å²) in [7, 11) is 0. The molecule has 0 heterocycles. The first-order valence-electron chi connectivity index (χ1n) is 7.64. The number of phenols is 1. The van der Waals surface area contributed by atoms with Crippen LogP contribution in [0.1, 0.15) is 11.1 Å². The fourth-order valence-corrected chi connectivity index (χ4v) is 2.82. The number of phenolic OH excluding ortho intramolecular Hbond substituents is 1. The predicted molar refractivity (Wildman–Crippen MR) is 102 cm³/mol. The van der Waals surface area contributed by atoms with Crippen molar-refractivity contribution in [3.05, 3.63) is 90.8 Å². The molecule has 0 fully saturated rings. The van der Waals surface area contributed by atoms with Crippen LogP contribution >= 0.6 is 12.2 Å². The van der Waals surface area contributed by atoms with Gasteiger partial charge >= 0.3 is 0 Å². The molecule has 2 nitrogen and oxygen atoms in total. The van der Waals surface area contributed by atoms with E-state index in [-0.39, 0.29) is 5.75 Å². The zero-order chi connectivity index (χ0) is 16.9. The second-order valence-electron chi connectivity index (χ2n) is 5.30. The molecule has 0 spiro atoms. The van der Waals surface area contributed by atoms with Gasteiger partial charge in [0.15, 0.2) is 0 Å². The van der Waals surface area contributed by atoms with Gasteiger partial charge in [-0.15, -0.1) is 0 Å². The molecule has 0 aliphatic heterocycles. The summed E-state index contributed by atoms with van der Waals surface area (Å²) in [4.78, 5) is 0.605. The molecule has 119 valence electrons. The standard InChI is InChI=1S/C21H17O2S/c1-2-23-18-12-13-19(20(22)14-18)21(24)17-10-8-16(9-11-17)15-6-4-3-5-7-15/h3-14,22H,1-2H2. The Morgan fingerprint density at radius 3 is 2.21 bits per heavy atom. The minimum Gasteiger partial charge on any atom is -0.507 e. The van der Waals surface area contributed by atoms with Gasteiger partial charge in [0.2, 0.25) is 0 Å². The van der Waals surface area contributed by atoms with E-state index >= 15 is 0 Å². The van der Waals surface area contributed by atoms with Gasteiger partial charge in [-0.25, -0.2) is 0 Å². The average Bonchev–Trinajstić information content (AvgIpc) is 2.62. The van der Waals surface area contributed by atoms with Crippen LogP contribution in [0.3, 0.4) is 0 Å². The van der Waals surface area contributed by atoms with Gasteiger partial charge in [-0.1, -0.05) is 66.8 Å². The Balaban J connectivity index is 1.85. The number of hydrogen-bond donors (Lipinski definition) is 1. The molecular weight excluding hydrogens is 316 g/mol. The third-order valence-corrected chi connectivity index (χ3v) is 4.19. The van der Waals surface area contributed by atoms with E-state index in [1.807, 2.05) is 42.5 Å². The van der Waals surface area contributed by atoms with Gasteiger partial charge in [0.25, 0.3) is 0 Å². The van der Waals surface area contributed by atoms with Gasteiger partial charge in [-0.3, -0.25) is 0 Å². The quantitative estimate of drug-likeness (QED) is 0.524. The highest BCUT2D eigenvalue weighted by Gasteiger charge is 2.11. The second-order valence-corrected chi connectivity index (χ2v) is 5.71. The summed E-state index contributed by atoms with van der Waals surface area (Å²) in [6.45, 7) is 3.93. The van der Waals surface area contributed by atoms with E-state index in [4.69, 9.17) is 17.0 Å². The summed E-state index contributed by atoms with van der Waals surface area (Å²) in [5, 5.41) is 10.2. The molecule has 3 rings (SSSR count). The van der Waals surface area contributed by atoms with Gasteiger partial charge in [0, 0.05) is 11.6 Å². The lowest BCUT2D eigenvalue weighted by molar-refractivity contribution is 0.358. The molecule has 3 aromatic rings. The maximum absolute atomic E-state index is 10.2. The summed E-state index contributed by atoms with van der Waals surface area (Å²) in [6, 6.07) is 23.3. The number of hydrogen-bond acceptors (Lipinski definition) is 3. The molecule has 0 amide bonds. The van der Waals surface area contributed by atoms with Crippen LogP contribution in [0.2, 0.25) is 0 Å². The van der Waals surface area contributed by atoms with Crippen molar-refractivity contribution in [3.63, 3.8) is 0 Å². The topological polar surface area (TPSA) is 29.5 Å². The minimum atomic E-state index is 0.109. The Morgan fingerprint density at radius 1 is 0.917 bits per heavy atom. The number of ether oxygens (including phenoxy) is 1. The van der Waals surface area contributed by atoms with Crippen molar-refractivity contribution < 1.29 is 9.84 Å². The Bertz CT molecular complexity index is 839. The molecule has 0 aromatic heterocycles. The lowest BCUT2D eigenvalue weighted by atomic mass is 9.99.